The van der Waals surface area contributed by atoms with Crippen LogP contribution in [-0.2, 0) is 19.9 Å². The number of hydrogen-bond acceptors (Lipinski definition) is 6. The highest BCUT2D eigenvalue weighted by molar-refractivity contribution is 7.79. The van der Waals surface area contributed by atoms with E-state index in [4.69, 9.17) is 22.3 Å². The summed E-state index contributed by atoms with van der Waals surface area (Å²) in [6.07, 6.45) is 4.26. The molecule has 2 fully saturated rings. The van der Waals surface area contributed by atoms with Gasteiger partial charge in [-0.1, -0.05) is 30.3 Å². The Morgan fingerprint density at radius 2 is 1.69 bits per heavy atom. The van der Waals surface area contributed by atoms with Crippen molar-refractivity contribution in [2.75, 3.05) is 13.7 Å². The van der Waals surface area contributed by atoms with Crippen molar-refractivity contribution in [3.63, 3.8) is 0 Å². The van der Waals surface area contributed by atoms with Crippen LogP contribution in [0.2, 0.25) is 0 Å². The number of hydrogen-bond donors (Lipinski definition) is 3. The maximum absolute atomic E-state index is 12.4. The quantitative estimate of drug-likeness (QED) is 0.521. The van der Waals surface area contributed by atoms with Crippen molar-refractivity contribution < 1.29 is 32.2 Å². The van der Waals surface area contributed by atoms with Crippen molar-refractivity contribution >= 4 is 16.4 Å². The molecule has 2 unspecified atom stereocenters. The smallest absolute Gasteiger partial charge is 0.394 e. The van der Waals surface area contributed by atoms with Crippen molar-refractivity contribution in [2.45, 2.75) is 49.8 Å². The third-order valence-corrected chi connectivity index (χ3v) is 5.01. The topological polar surface area (TPSA) is 124 Å². The molecule has 26 heavy (non-hydrogen) atoms. The van der Waals surface area contributed by atoms with Gasteiger partial charge in [0.25, 0.3) is 0 Å². The maximum atomic E-state index is 12.4. The minimum Gasteiger partial charge on any atom is -0.462 e. The van der Waals surface area contributed by atoms with Gasteiger partial charge in [-0.2, -0.15) is 8.42 Å². The van der Waals surface area contributed by atoms with Crippen molar-refractivity contribution in [1.82, 2.24) is 4.90 Å². The number of esters is 1. The third-order valence-electron chi connectivity index (χ3n) is 5.01. The lowest BCUT2D eigenvalue weighted by molar-refractivity contribution is -0.155. The maximum Gasteiger partial charge on any atom is 0.394 e. The average Bonchev–Trinajstić information content (AvgIpc) is 2.77. The fourth-order valence-corrected chi connectivity index (χ4v) is 3.71. The summed E-state index contributed by atoms with van der Waals surface area (Å²) in [7, 11) is -2.50. The average molecular weight is 387 g/mol. The van der Waals surface area contributed by atoms with E-state index in [9.17, 15) is 9.90 Å². The van der Waals surface area contributed by atoms with E-state index in [1.807, 2.05) is 30.3 Å². The highest BCUT2D eigenvalue weighted by Crippen LogP contribution is 2.36. The van der Waals surface area contributed by atoms with Crippen LogP contribution in [0.3, 0.4) is 0 Å². The Kier molecular flexibility index (Phi) is 7.13. The Labute approximate surface area is 153 Å². The summed E-state index contributed by atoms with van der Waals surface area (Å²) in [5.74, 6) is -0.860. The summed E-state index contributed by atoms with van der Waals surface area (Å²) in [5.41, 5.74) is 0.820. The van der Waals surface area contributed by atoms with Crippen molar-refractivity contribution in [3.05, 3.63) is 35.9 Å². The highest BCUT2D eigenvalue weighted by Gasteiger charge is 2.40. The van der Waals surface area contributed by atoms with Crippen molar-refractivity contribution in [3.8, 4) is 0 Å². The molecule has 3 rings (SSSR count). The molecule has 2 aliphatic rings. The molecule has 4 atom stereocenters. The summed E-state index contributed by atoms with van der Waals surface area (Å²) in [5, 5.41) is 9.53. The Morgan fingerprint density at radius 1 is 1.19 bits per heavy atom. The number of aliphatic hydroxyl groups is 1. The first-order valence-electron chi connectivity index (χ1n) is 8.47. The van der Waals surface area contributed by atoms with E-state index in [0.29, 0.717) is 12.1 Å². The molecule has 2 saturated heterocycles. The Balaban J connectivity index is 0.000000431. The van der Waals surface area contributed by atoms with Gasteiger partial charge in [0.1, 0.15) is 12.0 Å². The molecular weight excluding hydrogens is 362 g/mol. The molecule has 1 aromatic carbocycles. The number of fused-ring (bicyclic) bond motifs is 2. The van der Waals surface area contributed by atoms with Crippen LogP contribution in [0.4, 0.5) is 0 Å². The van der Waals surface area contributed by atoms with Crippen LogP contribution in [0.15, 0.2) is 30.3 Å². The number of benzene rings is 1. The van der Waals surface area contributed by atoms with Gasteiger partial charge >= 0.3 is 16.4 Å². The molecule has 3 N–H and O–H groups in total. The zero-order valence-corrected chi connectivity index (χ0v) is 15.4. The van der Waals surface area contributed by atoms with E-state index >= 15 is 0 Å². The summed E-state index contributed by atoms with van der Waals surface area (Å²) >= 11 is 0. The molecule has 0 saturated carbocycles. The lowest BCUT2D eigenvalue weighted by Gasteiger charge is -2.36. The van der Waals surface area contributed by atoms with Gasteiger partial charge in [0.15, 0.2) is 0 Å². The zero-order chi connectivity index (χ0) is 19.3. The normalized spacial score (nSPS) is 26.5. The van der Waals surface area contributed by atoms with E-state index in [1.165, 1.54) is 12.8 Å². The second-order valence-electron chi connectivity index (χ2n) is 6.67. The van der Waals surface area contributed by atoms with Crippen LogP contribution in [0.25, 0.3) is 0 Å². The lowest BCUT2D eigenvalue weighted by atomic mass is 9.98. The largest absolute Gasteiger partial charge is 0.462 e. The number of carbonyl (C=O) groups excluding carboxylic acids is 1. The summed E-state index contributed by atoms with van der Waals surface area (Å²) < 4.78 is 37.3. The molecule has 0 spiro atoms. The van der Waals surface area contributed by atoms with E-state index in [2.05, 4.69) is 11.9 Å². The number of aliphatic hydroxyl groups excluding tert-OH is 1. The number of piperidine rings is 1. The van der Waals surface area contributed by atoms with Crippen LogP contribution >= 0.6 is 0 Å². The van der Waals surface area contributed by atoms with Crippen LogP contribution in [0, 0.1) is 0 Å². The Hall–Kier alpha value is -1.52. The second-order valence-corrected chi connectivity index (χ2v) is 7.57. The SMILES string of the molecule is CN1[C@@H]2CC[C@H]1CC(OC(=O)C(CO)c1ccccc1)C2.O=S(=O)(O)O. The molecule has 2 aliphatic heterocycles. The van der Waals surface area contributed by atoms with E-state index < -0.39 is 16.3 Å². The minimum absolute atomic E-state index is 0.00367. The number of nitrogens with zero attached hydrogens (tertiary/aromatic N) is 1. The predicted octanol–water partition coefficient (Wildman–Crippen LogP) is 1.28. The number of ether oxygens (including phenoxy) is 1. The molecule has 0 amide bonds. The lowest BCUT2D eigenvalue weighted by Crippen LogP contribution is -2.43. The Bertz CT molecular complexity index is 672. The molecule has 2 bridgehead atoms. The number of rotatable bonds is 4. The molecule has 0 aliphatic carbocycles. The van der Waals surface area contributed by atoms with Crippen molar-refractivity contribution in [1.29, 1.82) is 0 Å². The first-order valence-corrected chi connectivity index (χ1v) is 9.87. The van der Waals surface area contributed by atoms with E-state index in [0.717, 1.165) is 18.4 Å². The first kappa shape index (κ1) is 20.8. The zero-order valence-electron chi connectivity index (χ0n) is 14.6. The summed E-state index contributed by atoms with van der Waals surface area (Å²) in [4.78, 5) is 14.8. The summed E-state index contributed by atoms with van der Waals surface area (Å²) in [6.45, 7) is -0.206. The molecule has 0 aromatic heterocycles. The van der Waals surface area contributed by atoms with Gasteiger partial charge in [0.05, 0.1) is 6.61 Å². The second kappa shape index (κ2) is 8.92. The van der Waals surface area contributed by atoms with Crippen LogP contribution in [0.1, 0.15) is 37.2 Å². The van der Waals surface area contributed by atoms with Crippen LogP contribution < -0.4 is 0 Å². The van der Waals surface area contributed by atoms with Gasteiger partial charge in [-0.15, -0.1) is 0 Å². The van der Waals surface area contributed by atoms with Gasteiger partial charge in [-0.25, -0.2) is 0 Å². The van der Waals surface area contributed by atoms with Crippen LogP contribution in [-0.4, -0.2) is 65.3 Å². The fraction of sp³-hybridized carbons (Fsp3) is 0.588. The van der Waals surface area contributed by atoms with Gasteiger partial charge in [0, 0.05) is 12.1 Å². The third kappa shape index (κ3) is 6.03. The molecule has 9 heteroatoms. The first-order chi connectivity index (χ1) is 12.2. The molecule has 8 nitrogen and oxygen atoms in total. The molecule has 2 heterocycles. The minimum atomic E-state index is -4.67. The van der Waals surface area contributed by atoms with E-state index in [-0.39, 0.29) is 18.7 Å². The fourth-order valence-electron chi connectivity index (χ4n) is 3.71. The standard InChI is InChI=1S/C17H23NO3.H2O4S/c1-18-13-7-8-14(18)10-15(9-13)21-17(20)16(11-19)12-5-3-2-4-6-12;1-5(2,3)4/h2-6,13-16,19H,7-11H2,1H3;(H2,1,2,3,4)/t13-,14+,15?,16?;. The van der Waals surface area contributed by atoms with Crippen molar-refractivity contribution in [2.24, 2.45) is 0 Å². The Morgan fingerprint density at radius 3 is 2.15 bits per heavy atom. The predicted molar refractivity (Wildman–Crippen MR) is 94.1 cm³/mol. The monoisotopic (exact) mass is 387 g/mol. The molecule has 1 aromatic rings. The van der Waals surface area contributed by atoms with Gasteiger partial charge in [0.2, 0.25) is 0 Å². The molecule has 0 radical (unpaired) electrons. The summed E-state index contributed by atoms with van der Waals surface area (Å²) in [6, 6.07) is 10.5. The molecule has 146 valence electrons. The molecular formula is C17H25NO7S. The highest BCUT2D eigenvalue weighted by atomic mass is 32.3. The van der Waals surface area contributed by atoms with Gasteiger partial charge < -0.3 is 14.7 Å². The van der Waals surface area contributed by atoms with Crippen LogP contribution in [0.5, 0.6) is 0 Å². The van der Waals surface area contributed by atoms with E-state index in [1.54, 1.807) is 0 Å². The van der Waals surface area contributed by atoms with Gasteiger partial charge in [-0.3, -0.25) is 13.9 Å². The number of carbonyl (C=O) groups is 1. The van der Waals surface area contributed by atoms with Gasteiger partial charge in [-0.05, 0) is 38.3 Å².